The molecule has 32 heavy (non-hydrogen) atoms. The van der Waals surface area contributed by atoms with Gasteiger partial charge >= 0.3 is 0 Å². The number of aliphatic hydroxyl groups is 2. The van der Waals surface area contributed by atoms with Gasteiger partial charge < -0.3 is 10.2 Å². The van der Waals surface area contributed by atoms with Gasteiger partial charge in [0.25, 0.3) is 0 Å². The highest BCUT2D eigenvalue weighted by Crippen LogP contribution is 2.76. The lowest BCUT2D eigenvalue weighted by atomic mass is 9.32. The number of fused-ring (bicyclic) bond motifs is 7. The lowest BCUT2D eigenvalue weighted by Gasteiger charge is -2.72. The van der Waals surface area contributed by atoms with Crippen molar-refractivity contribution in [3.8, 4) is 0 Å². The monoisotopic (exact) mass is 444 g/mol. The fourth-order valence-corrected chi connectivity index (χ4v) is 11.0. The molecule has 0 radical (unpaired) electrons. The standard InChI is InChI=1S/C27H46O2.C3H6/c1-23(2)20-10-14-26(5)21(24(20,3)13-11-22(23)29)9-8-18-19-7-6-12-27(19,17-28)16-15-25(18,26)4;1-3-2/h18-22,28-29H,6-17H2,1-5H3;3H,1H2,2H3/t18?,19?,20?,21?,22?,24?,25-,26?,27?;/m1./s1. The molecule has 0 amide bonds. The third kappa shape index (κ3) is 3.10. The van der Waals surface area contributed by atoms with E-state index in [1.165, 1.54) is 64.2 Å². The minimum Gasteiger partial charge on any atom is -0.396 e. The van der Waals surface area contributed by atoms with Crippen LogP contribution in [-0.2, 0) is 0 Å². The fraction of sp³-hybridized carbons (Fsp3) is 0.933. The van der Waals surface area contributed by atoms with Gasteiger partial charge in [0.1, 0.15) is 0 Å². The molecule has 184 valence electrons. The first-order valence-electron chi connectivity index (χ1n) is 13.8. The molecule has 9 atom stereocenters. The second-order valence-electron chi connectivity index (χ2n) is 14.0. The van der Waals surface area contributed by atoms with E-state index in [4.69, 9.17) is 0 Å². The molecule has 0 spiro atoms. The second-order valence-corrected chi connectivity index (χ2v) is 14.0. The van der Waals surface area contributed by atoms with Crippen molar-refractivity contribution in [2.24, 2.45) is 50.7 Å². The molecular formula is C30H52O2. The van der Waals surface area contributed by atoms with Crippen LogP contribution in [0.25, 0.3) is 0 Å². The van der Waals surface area contributed by atoms with Crippen molar-refractivity contribution in [3.63, 3.8) is 0 Å². The molecule has 0 aromatic rings. The minimum atomic E-state index is -0.129. The van der Waals surface area contributed by atoms with E-state index in [1.54, 1.807) is 6.08 Å². The van der Waals surface area contributed by atoms with E-state index in [0.29, 0.717) is 28.8 Å². The number of rotatable bonds is 1. The molecule has 5 rings (SSSR count). The van der Waals surface area contributed by atoms with Gasteiger partial charge in [0.15, 0.2) is 0 Å². The van der Waals surface area contributed by atoms with Crippen LogP contribution < -0.4 is 0 Å². The molecule has 0 bridgehead atoms. The van der Waals surface area contributed by atoms with Crippen molar-refractivity contribution < 1.29 is 10.2 Å². The van der Waals surface area contributed by atoms with Crippen molar-refractivity contribution in [1.29, 1.82) is 0 Å². The van der Waals surface area contributed by atoms with Crippen molar-refractivity contribution in [2.45, 2.75) is 118 Å². The minimum absolute atomic E-state index is 0.0517. The molecule has 5 saturated carbocycles. The van der Waals surface area contributed by atoms with Crippen LogP contribution in [0, 0.1) is 50.7 Å². The summed E-state index contributed by atoms with van der Waals surface area (Å²) in [7, 11) is 0. The highest BCUT2D eigenvalue weighted by molar-refractivity contribution is 5.18. The second kappa shape index (κ2) is 8.11. The number of allylic oxidation sites excluding steroid dienone is 1. The van der Waals surface area contributed by atoms with E-state index in [-0.39, 0.29) is 16.9 Å². The average Bonchev–Trinajstić information content (AvgIpc) is 3.17. The molecule has 0 saturated heterocycles. The Morgan fingerprint density at radius 3 is 2.12 bits per heavy atom. The predicted octanol–water partition coefficient (Wildman–Crippen LogP) is 7.39. The molecule has 0 aromatic carbocycles. The zero-order valence-electron chi connectivity index (χ0n) is 22.1. The van der Waals surface area contributed by atoms with Gasteiger partial charge in [0.2, 0.25) is 0 Å². The maximum atomic E-state index is 10.8. The van der Waals surface area contributed by atoms with Gasteiger partial charge in [-0.15, -0.1) is 6.58 Å². The molecule has 2 heteroatoms. The lowest BCUT2D eigenvalue weighted by Crippen LogP contribution is -2.66. The molecule has 0 aromatic heterocycles. The summed E-state index contributed by atoms with van der Waals surface area (Å²) in [6.07, 6.45) is 15.8. The molecule has 0 heterocycles. The quantitative estimate of drug-likeness (QED) is 0.414. The van der Waals surface area contributed by atoms with E-state index in [2.05, 4.69) is 41.2 Å². The van der Waals surface area contributed by atoms with Crippen LogP contribution in [0.2, 0.25) is 0 Å². The normalized spacial score (nSPS) is 53.6. The molecule has 5 aliphatic carbocycles. The highest BCUT2D eigenvalue weighted by atomic mass is 16.3. The first kappa shape index (κ1) is 24.8. The smallest absolute Gasteiger partial charge is 0.0594 e. The van der Waals surface area contributed by atoms with Crippen LogP contribution >= 0.6 is 0 Å². The van der Waals surface area contributed by atoms with Crippen LogP contribution in [0.4, 0.5) is 0 Å². The van der Waals surface area contributed by atoms with Crippen LogP contribution in [0.3, 0.4) is 0 Å². The Bertz CT molecular complexity index is 714. The molecule has 5 aliphatic rings. The van der Waals surface area contributed by atoms with Crippen LogP contribution in [0.5, 0.6) is 0 Å². The van der Waals surface area contributed by atoms with Crippen molar-refractivity contribution in [3.05, 3.63) is 12.7 Å². The zero-order chi connectivity index (χ0) is 23.6. The zero-order valence-corrected chi connectivity index (χ0v) is 22.1. The Labute approximate surface area is 198 Å². The average molecular weight is 445 g/mol. The first-order chi connectivity index (χ1) is 15.0. The summed E-state index contributed by atoms with van der Waals surface area (Å²) in [5, 5.41) is 21.2. The van der Waals surface area contributed by atoms with Crippen LogP contribution in [-0.4, -0.2) is 22.9 Å². The maximum Gasteiger partial charge on any atom is 0.0594 e. The molecule has 5 fully saturated rings. The summed E-state index contributed by atoms with van der Waals surface area (Å²) >= 11 is 0. The molecule has 2 nitrogen and oxygen atoms in total. The fourth-order valence-electron chi connectivity index (χ4n) is 11.0. The number of hydrogen-bond donors (Lipinski definition) is 2. The Morgan fingerprint density at radius 1 is 0.781 bits per heavy atom. The Balaban J connectivity index is 0.000000775. The summed E-state index contributed by atoms with van der Waals surface area (Å²) in [5.41, 5.74) is 1.54. The Hall–Kier alpha value is -0.340. The van der Waals surface area contributed by atoms with Gasteiger partial charge in [-0.3, -0.25) is 0 Å². The van der Waals surface area contributed by atoms with E-state index < -0.39 is 0 Å². The third-order valence-electron chi connectivity index (χ3n) is 12.8. The SMILES string of the molecule is C=CC.CC1(C)C(O)CCC2(C)C1CCC1(C)C2CCC2C3CCCC3(CO)CC[C@]21C. The van der Waals surface area contributed by atoms with E-state index in [0.717, 1.165) is 24.2 Å². The third-order valence-corrected chi connectivity index (χ3v) is 12.8. The lowest BCUT2D eigenvalue weighted by molar-refractivity contribution is -0.247. The molecule has 0 aliphatic heterocycles. The topological polar surface area (TPSA) is 40.5 Å². The van der Waals surface area contributed by atoms with Gasteiger partial charge in [-0.1, -0.05) is 47.1 Å². The van der Waals surface area contributed by atoms with Gasteiger partial charge in [0, 0.05) is 6.61 Å². The molecular weight excluding hydrogens is 392 g/mol. The summed E-state index contributed by atoms with van der Waals surface area (Å²) < 4.78 is 0. The van der Waals surface area contributed by atoms with Crippen molar-refractivity contribution in [1.82, 2.24) is 0 Å². The van der Waals surface area contributed by atoms with Crippen molar-refractivity contribution in [2.75, 3.05) is 6.61 Å². The van der Waals surface area contributed by atoms with Gasteiger partial charge in [-0.2, -0.15) is 0 Å². The Kier molecular flexibility index (Phi) is 6.28. The Morgan fingerprint density at radius 2 is 1.47 bits per heavy atom. The van der Waals surface area contributed by atoms with E-state index >= 15 is 0 Å². The summed E-state index contributed by atoms with van der Waals surface area (Å²) in [6.45, 7) is 18.4. The van der Waals surface area contributed by atoms with Gasteiger partial charge in [0.05, 0.1) is 6.10 Å². The largest absolute Gasteiger partial charge is 0.396 e. The van der Waals surface area contributed by atoms with Crippen LogP contribution in [0.15, 0.2) is 12.7 Å². The van der Waals surface area contributed by atoms with Gasteiger partial charge in [-0.05, 0) is 122 Å². The summed E-state index contributed by atoms with van der Waals surface area (Å²) in [6, 6.07) is 0. The number of aliphatic hydroxyl groups excluding tert-OH is 2. The van der Waals surface area contributed by atoms with E-state index in [1.807, 2.05) is 6.92 Å². The van der Waals surface area contributed by atoms with Gasteiger partial charge in [-0.25, -0.2) is 0 Å². The van der Waals surface area contributed by atoms with E-state index in [9.17, 15) is 10.2 Å². The summed E-state index contributed by atoms with van der Waals surface area (Å²) in [4.78, 5) is 0. The summed E-state index contributed by atoms with van der Waals surface area (Å²) in [5.74, 6) is 3.03. The first-order valence-corrected chi connectivity index (χ1v) is 13.8. The highest BCUT2D eigenvalue weighted by Gasteiger charge is 2.69. The van der Waals surface area contributed by atoms with Crippen molar-refractivity contribution >= 4 is 0 Å². The molecule has 2 N–H and O–H groups in total. The van der Waals surface area contributed by atoms with Crippen LogP contribution in [0.1, 0.15) is 112 Å². The maximum absolute atomic E-state index is 10.8. The number of hydrogen-bond acceptors (Lipinski definition) is 2. The molecule has 8 unspecified atom stereocenters. The predicted molar refractivity (Wildman–Crippen MR) is 134 cm³/mol.